The first-order valence-electron chi connectivity index (χ1n) is 17.4. The Hall–Kier alpha value is -3.23. The maximum absolute atomic E-state index is 13.6. The summed E-state index contributed by atoms with van der Waals surface area (Å²) < 4.78 is 67.5. The van der Waals surface area contributed by atoms with E-state index in [0.717, 1.165) is 35.8 Å². The standard InChI is InChI=1S/C27H35F5N2O.C9H16.C2H4O.C2H6/c1-7-18(17-19(8-2)27(30,31)32)23(24(35)33-21-13-15-26(28,29)16-14-21)34(6)22-11-9-20(10-12-22)25(3,4)5;1-4-8-5-6-9(8)7(2)3;1-2-3;1-2/h7-12,17,21,23H,1,13-16H2,2-6H3,(H,33,35);8-9H,2,4-6H2,1,3H3;2H,1H3;1-2H3/b18-17+,19-8+;;;. The molecular weight excluding hydrogens is 635 g/mol. The molecule has 1 N–H and O–H groups in total. The molecule has 3 rings (SSSR count). The molecule has 2 fully saturated rings. The Kier molecular flexibility index (Phi) is 19.7. The molecule has 2 aliphatic carbocycles. The van der Waals surface area contributed by atoms with Crippen molar-refractivity contribution < 1.29 is 31.5 Å². The van der Waals surface area contributed by atoms with Gasteiger partial charge in [-0.05, 0) is 93.1 Å². The van der Waals surface area contributed by atoms with Crippen molar-refractivity contribution in [3.05, 3.63) is 77.9 Å². The minimum absolute atomic E-state index is 0.0523. The molecule has 2 saturated carbocycles. The van der Waals surface area contributed by atoms with Gasteiger partial charge in [-0.15, -0.1) is 0 Å². The number of likely N-dealkylation sites (N-methyl/N-ethyl adjacent to an activating group) is 1. The molecule has 2 aliphatic rings. The van der Waals surface area contributed by atoms with E-state index in [9.17, 15) is 26.7 Å². The first-order valence-corrected chi connectivity index (χ1v) is 17.4. The van der Waals surface area contributed by atoms with Crippen LogP contribution in [-0.2, 0) is 15.0 Å². The average molecular weight is 697 g/mol. The SMILES string of the molecule is C=C(C)C1CCC1CC.C=C/C(=C\C(=C/C)C(F)(F)F)C(C(=O)NC1CCC(F)(F)CC1)N(C)c1ccc(C(C)(C)C)cc1.CC.CC=O. The molecule has 1 aromatic rings. The van der Waals surface area contributed by atoms with E-state index in [2.05, 4.69) is 53.1 Å². The normalized spacial score (nSPS) is 19.9. The number of allylic oxidation sites excluding steroid dienone is 4. The number of hydrogen-bond acceptors (Lipinski definition) is 3. The lowest BCUT2D eigenvalue weighted by molar-refractivity contribution is -0.123. The summed E-state index contributed by atoms with van der Waals surface area (Å²) in [5, 5.41) is 2.78. The van der Waals surface area contributed by atoms with Crippen LogP contribution in [0.3, 0.4) is 0 Å². The van der Waals surface area contributed by atoms with Gasteiger partial charge in [-0.1, -0.05) is 91.0 Å². The number of benzene rings is 1. The topological polar surface area (TPSA) is 49.4 Å². The van der Waals surface area contributed by atoms with Crippen molar-refractivity contribution in [3.63, 3.8) is 0 Å². The molecule has 0 bridgehead atoms. The summed E-state index contributed by atoms with van der Waals surface area (Å²) >= 11 is 0. The minimum atomic E-state index is -4.61. The molecule has 1 amide bonds. The first kappa shape index (κ1) is 45.8. The quantitative estimate of drug-likeness (QED) is 0.121. The molecule has 49 heavy (non-hydrogen) atoms. The first-order chi connectivity index (χ1) is 22.8. The molecule has 0 aliphatic heterocycles. The Labute approximate surface area is 293 Å². The molecule has 3 atom stereocenters. The number of carbonyl (C=O) groups is 2. The Morgan fingerprint density at radius 1 is 1.04 bits per heavy atom. The largest absolute Gasteiger partial charge is 0.416 e. The molecule has 1 aromatic carbocycles. The van der Waals surface area contributed by atoms with Gasteiger partial charge in [0.1, 0.15) is 12.3 Å². The summed E-state index contributed by atoms with van der Waals surface area (Å²) in [5.74, 6) is -1.48. The van der Waals surface area contributed by atoms with Gasteiger partial charge in [0, 0.05) is 31.6 Å². The van der Waals surface area contributed by atoms with Crippen molar-refractivity contribution in [1.29, 1.82) is 0 Å². The van der Waals surface area contributed by atoms with E-state index in [1.54, 1.807) is 11.9 Å². The van der Waals surface area contributed by atoms with E-state index in [1.165, 1.54) is 44.8 Å². The number of amides is 1. The summed E-state index contributed by atoms with van der Waals surface area (Å²) in [6, 6.07) is 5.82. The Bertz CT molecular complexity index is 1230. The van der Waals surface area contributed by atoms with Crippen LogP contribution in [0.15, 0.2) is 72.4 Å². The Morgan fingerprint density at radius 2 is 1.55 bits per heavy atom. The van der Waals surface area contributed by atoms with Crippen molar-refractivity contribution in [1.82, 2.24) is 5.32 Å². The van der Waals surface area contributed by atoms with Gasteiger partial charge in [0.05, 0.1) is 5.57 Å². The van der Waals surface area contributed by atoms with Crippen LogP contribution < -0.4 is 10.2 Å². The smallest absolute Gasteiger partial charge is 0.359 e. The predicted molar refractivity (Wildman–Crippen MR) is 195 cm³/mol. The summed E-state index contributed by atoms with van der Waals surface area (Å²) in [6.45, 7) is 25.0. The van der Waals surface area contributed by atoms with E-state index >= 15 is 0 Å². The molecule has 0 heterocycles. The minimum Gasteiger partial charge on any atom is -0.359 e. The zero-order valence-corrected chi connectivity index (χ0v) is 31.4. The molecule has 0 radical (unpaired) electrons. The fraction of sp³-hybridized carbons (Fsp3) is 0.600. The van der Waals surface area contributed by atoms with Gasteiger partial charge in [0.15, 0.2) is 0 Å². The second-order valence-electron chi connectivity index (χ2n) is 13.5. The Balaban J connectivity index is 0.00000137. The van der Waals surface area contributed by atoms with Crippen molar-refractivity contribution >= 4 is 17.9 Å². The number of nitrogens with zero attached hydrogens (tertiary/aromatic N) is 1. The number of halogens is 5. The fourth-order valence-corrected chi connectivity index (χ4v) is 5.83. The van der Waals surface area contributed by atoms with Gasteiger partial charge in [0.2, 0.25) is 11.8 Å². The highest BCUT2D eigenvalue weighted by molar-refractivity contribution is 5.89. The number of anilines is 1. The third-order valence-electron chi connectivity index (χ3n) is 8.93. The maximum Gasteiger partial charge on any atom is 0.416 e. The number of nitrogens with one attached hydrogen (secondary N) is 1. The molecule has 0 spiro atoms. The summed E-state index contributed by atoms with van der Waals surface area (Å²) in [5.41, 5.74) is 2.13. The number of aldehydes is 1. The van der Waals surface area contributed by atoms with Gasteiger partial charge in [-0.25, -0.2) is 8.78 Å². The van der Waals surface area contributed by atoms with Crippen LogP contribution in [0.1, 0.15) is 113 Å². The highest BCUT2D eigenvalue weighted by atomic mass is 19.4. The number of alkyl halides is 5. The van der Waals surface area contributed by atoms with Crippen LogP contribution in [0.25, 0.3) is 0 Å². The van der Waals surface area contributed by atoms with Crippen LogP contribution in [0.5, 0.6) is 0 Å². The van der Waals surface area contributed by atoms with Gasteiger partial charge < -0.3 is 15.0 Å². The molecule has 278 valence electrons. The molecule has 4 nitrogen and oxygen atoms in total. The van der Waals surface area contributed by atoms with Gasteiger partial charge >= 0.3 is 6.18 Å². The summed E-state index contributed by atoms with van der Waals surface area (Å²) in [7, 11) is 1.62. The molecular formula is C40H61F5N2O2. The van der Waals surface area contributed by atoms with E-state index < -0.39 is 35.7 Å². The number of rotatable bonds is 9. The molecule has 3 unspecified atom stereocenters. The lowest BCUT2D eigenvalue weighted by Gasteiger charge is -2.36. The second kappa shape index (κ2) is 21.1. The molecule has 0 saturated heterocycles. The molecule has 9 heteroatoms. The van der Waals surface area contributed by atoms with Gasteiger partial charge in [-0.3, -0.25) is 4.79 Å². The second-order valence-corrected chi connectivity index (χ2v) is 13.5. The molecule has 0 aromatic heterocycles. The zero-order valence-electron chi connectivity index (χ0n) is 31.4. The van der Waals surface area contributed by atoms with Gasteiger partial charge in [0.25, 0.3) is 0 Å². The third-order valence-corrected chi connectivity index (χ3v) is 8.93. The summed E-state index contributed by atoms with van der Waals surface area (Å²) in [6.07, 6.45) is 2.92. The van der Waals surface area contributed by atoms with Crippen LogP contribution in [0, 0.1) is 11.8 Å². The van der Waals surface area contributed by atoms with Crippen LogP contribution in [-0.4, -0.2) is 43.4 Å². The van der Waals surface area contributed by atoms with Crippen molar-refractivity contribution in [3.8, 4) is 0 Å². The van der Waals surface area contributed by atoms with Crippen LogP contribution in [0.2, 0.25) is 0 Å². The summed E-state index contributed by atoms with van der Waals surface area (Å²) in [4.78, 5) is 23.8. The lowest BCUT2D eigenvalue weighted by atomic mass is 9.69. The monoisotopic (exact) mass is 696 g/mol. The van der Waals surface area contributed by atoms with Crippen molar-refractivity contribution in [2.75, 3.05) is 11.9 Å². The fourth-order valence-electron chi connectivity index (χ4n) is 5.83. The Morgan fingerprint density at radius 3 is 1.88 bits per heavy atom. The van der Waals surface area contributed by atoms with Crippen molar-refractivity contribution in [2.45, 2.75) is 137 Å². The van der Waals surface area contributed by atoms with Crippen LogP contribution in [0.4, 0.5) is 27.6 Å². The van der Waals surface area contributed by atoms with E-state index in [-0.39, 0.29) is 36.7 Å². The lowest BCUT2D eigenvalue weighted by Crippen LogP contribution is -2.50. The third kappa shape index (κ3) is 15.0. The maximum atomic E-state index is 13.6. The van der Waals surface area contributed by atoms with Gasteiger partial charge in [-0.2, -0.15) is 13.2 Å². The highest BCUT2D eigenvalue weighted by Gasteiger charge is 2.38. The van der Waals surface area contributed by atoms with Crippen molar-refractivity contribution in [2.24, 2.45) is 11.8 Å². The van der Waals surface area contributed by atoms with E-state index in [4.69, 9.17) is 4.79 Å². The van der Waals surface area contributed by atoms with Crippen LogP contribution >= 0.6 is 0 Å². The highest BCUT2D eigenvalue weighted by Crippen LogP contribution is 2.40. The number of hydrogen-bond donors (Lipinski definition) is 1. The zero-order chi connectivity index (χ0) is 38.2. The number of carbonyl (C=O) groups excluding carboxylic acids is 2. The van der Waals surface area contributed by atoms with E-state index in [0.29, 0.717) is 5.69 Å². The predicted octanol–water partition coefficient (Wildman–Crippen LogP) is 11.3. The van der Waals surface area contributed by atoms with E-state index in [1.807, 2.05) is 38.1 Å². The average Bonchev–Trinajstić information content (AvgIpc) is 3.00.